The molecule has 0 aliphatic heterocycles. The van der Waals surface area contributed by atoms with E-state index in [9.17, 15) is 4.79 Å². The Morgan fingerprint density at radius 2 is 2.13 bits per heavy atom. The van der Waals surface area contributed by atoms with Gasteiger partial charge in [0.2, 0.25) is 0 Å². The molecule has 1 atom stereocenters. The third-order valence-corrected chi connectivity index (χ3v) is 2.01. The van der Waals surface area contributed by atoms with Gasteiger partial charge in [0.15, 0.2) is 0 Å². The number of benzene rings is 1. The molecule has 1 rings (SSSR count). The molecule has 0 spiro atoms. The highest BCUT2D eigenvalue weighted by atomic mass is 16.5. The lowest BCUT2D eigenvalue weighted by Gasteiger charge is -2.16. The van der Waals surface area contributed by atoms with Gasteiger partial charge in [0.05, 0.1) is 12.6 Å². The second-order valence-corrected chi connectivity index (χ2v) is 3.06. The summed E-state index contributed by atoms with van der Waals surface area (Å²) in [5.74, 6) is 0. The van der Waals surface area contributed by atoms with Gasteiger partial charge in [-0.05, 0) is 12.5 Å². The molecule has 1 amide bonds. The van der Waals surface area contributed by atoms with E-state index in [0.717, 1.165) is 5.56 Å². The number of carbonyl (C=O) groups is 1. The molecule has 82 valence electrons. The maximum atomic E-state index is 11.2. The van der Waals surface area contributed by atoms with Crippen LogP contribution in [0, 0.1) is 0 Å². The minimum absolute atomic E-state index is 0.190. The zero-order chi connectivity index (χ0) is 11.1. The van der Waals surface area contributed by atoms with Gasteiger partial charge in [-0.2, -0.15) is 0 Å². The lowest BCUT2D eigenvalue weighted by Crippen LogP contribution is -2.33. The Bertz CT molecular complexity index is 301. The van der Waals surface area contributed by atoms with Crippen LogP contribution in [0.2, 0.25) is 0 Å². The van der Waals surface area contributed by atoms with Gasteiger partial charge in [-0.15, -0.1) is 0 Å². The van der Waals surface area contributed by atoms with Crippen LogP contribution in [0.1, 0.15) is 18.5 Å². The van der Waals surface area contributed by atoms with E-state index in [1.54, 1.807) is 6.92 Å². The summed E-state index contributed by atoms with van der Waals surface area (Å²) in [5.41, 5.74) is 6.56. The highest BCUT2D eigenvalue weighted by molar-refractivity contribution is 5.67. The van der Waals surface area contributed by atoms with Gasteiger partial charge in [-0.1, -0.05) is 30.3 Å². The molecule has 0 saturated heterocycles. The molecule has 0 radical (unpaired) electrons. The SMILES string of the molecule is CCOC(=O)N[C@H](CN)c1ccccc1. The minimum Gasteiger partial charge on any atom is -0.450 e. The van der Waals surface area contributed by atoms with E-state index >= 15 is 0 Å². The number of rotatable bonds is 4. The summed E-state index contributed by atoms with van der Waals surface area (Å²) in [7, 11) is 0. The second kappa shape index (κ2) is 6.03. The number of hydrogen-bond donors (Lipinski definition) is 2. The summed E-state index contributed by atoms with van der Waals surface area (Å²) in [6, 6.07) is 9.38. The van der Waals surface area contributed by atoms with Gasteiger partial charge in [0.25, 0.3) is 0 Å². The molecule has 0 unspecified atom stereocenters. The van der Waals surface area contributed by atoms with Crippen molar-refractivity contribution in [1.29, 1.82) is 0 Å². The fraction of sp³-hybridized carbons (Fsp3) is 0.364. The van der Waals surface area contributed by atoms with E-state index in [1.165, 1.54) is 0 Å². The summed E-state index contributed by atoms with van der Waals surface area (Å²) < 4.78 is 4.79. The second-order valence-electron chi connectivity index (χ2n) is 3.06. The third-order valence-electron chi connectivity index (χ3n) is 2.01. The van der Waals surface area contributed by atoms with E-state index in [2.05, 4.69) is 5.32 Å². The molecule has 0 aliphatic rings. The monoisotopic (exact) mass is 208 g/mol. The quantitative estimate of drug-likeness (QED) is 0.786. The number of alkyl carbamates (subject to hydrolysis) is 1. The van der Waals surface area contributed by atoms with Crippen LogP contribution in [-0.2, 0) is 4.74 Å². The highest BCUT2D eigenvalue weighted by Gasteiger charge is 2.12. The Morgan fingerprint density at radius 1 is 1.47 bits per heavy atom. The van der Waals surface area contributed by atoms with E-state index in [1.807, 2.05) is 30.3 Å². The average molecular weight is 208 g/mol. The first-order chi connectivity index (χ1) is 7.27. The third kappa shape index (κ3) is 3.59. The Hall–Kier alpha value is -1.55. The van der Waals surface area contributed by atoms with E-state index in [-0.39, 0.29) is 6.04 Å². The molecule has 3 N–H and O–H groups in total. The van der Waals surface area contributed by atoms with Crippen LogP contribution in [0.15, 0.2) is 30.3 Å². The normalized spacial score (nSPS) is 11.9. The first-order valence-electron chi connectivity index (χ1n) is 4.96. The smallest absolute Gasteiger partial charge is 0.407 e. The lowest BCUT2D eigenvalue weighted by atomic mass is 10.1. The van der Waals surface area contributed by atoms with Gasteiger partial charge >= 0.3 is 6.09 Å². The zero-order valence-corrected chi connectivity index (χ0v) is 8.77. The molecule has 4 heteroatoms. The predicted molar refractivity (Wildman–Crippen MR) is 58.4 cm³/mol. The van der Waals surface area contributed by atoms with Crippen molar-refractivity contribution >= 4 is 6.09 Å². The van der Waals surface area contributed by atoms with Crippen LogP contribution in [-0.4, -0.2) is 19.2 Å². The number of nitrogens with one attached hydrogen (secondary N) is 1. The van der Waals surface area contributed by atoms with Gasteiger partial charge in [0.1, 0.15) is 0 Å². The summed E-state index contributed by atoms with van der Waals surface area (Å²) in [5, 5.41) is 2.70. The van der Waals surface area contributed by atoms with Crippen molar-refractivity contribution in [3.63, 3.8) is 0 Å². The van der Waals surface area contributed by atoms with E-state index < -0.39 is 6.09 Å². The van der Waals surface area contributed by atoms with Crippen molar-refractivity contribution in [1.82, 2.24) is 5.32 Å². The fourth-order valence-electron chi connectivity index (χ4n) is 1.28. The highest BCUT2D eigenvalue weighted by Crippen LogP contribution is 2.10. The molecule has 0 fully saturated rings. The Morgan fingerprint density at radius 3 is 2.67 bits per heavy atom. The van der Waals surface area contributed by atoms with Crippen LogP contribution in [0.5, 0.6) is 0 Å². The number of hydrogen-bond acceptors (Lipinski definition) is 3. The molecule has 4 nitrogen and oxygen atoms in total. The topological polar surface area (TPSA) is 64.3 Å². The van der Waals surface area contributed by atoms with Crippen LogP contribution in [0.3, 0.4) is 0 Å². The summed E-state index contributed by atoms with van der Waals surface area (Å²) in [4.78, 5) is 11.2. The van der Waals surface area contributed by atoms with Crippen molar-refractivity contribution in [3.8, 4) is 0 Å². The molecule has 0 saturated carbocycles. The molecule has 0 aliphatic carbocycles. The molecule has 1 aromatic carbocycles. The van der Waals surface area contributed by atoms with Gasteiger partial charge in [-0.25, -0.2) is 4.79 Å². The van der Waals surface area contributed by atoms with Crippen molar-refractivity contribution in [2.75, 3.05) is 13.2 Å². The number of ether oxygens (including phenoxy) is 1. The van der Waals surface area contributed by atoms with Gasteiger partial charge < -0.3 is 15.8 Å². The van der Waals surface area contributed by atoms with Crippen molar-refractivity contribution in [2.24, 2.45) is 5.73 Å². The maximum Gasteiger partial charge on any atom is 0.407 e. The molecular formula is C11H16N2O2. The minimum atomic E-state index is -0.434. The van der Waals surface area contributed by atoms with E-state index in [4.69, 9.17) is 10.5 Å². The van der Waals surface area contributed by atoms with Gasteiger partial charge in [-0.3, -0.25) is 0 Å². The molecular weight excluding hydrogens is 192 g/mol. The number of nitrogens with two attached hydrogens (primary N) is 1. The maximum absolute atomic E-state index is 11.2. The lowest BCUT2D eigenvalue weighted by molar-refractivity contribution is 0.148. The standard InChI is InChI=1S/C11H16N2O2/c1-2-15-11(14)13-10(8-12)9-6-4-3-5-7-9/h3-7,10H,2,8,12H2,1H3,(H,13,14)/t10-/m1/s1. The molecule has 1 aromatic rings. The summed E-state index contributed by atoms with van der Waals surface area (Å²) >= 11 is 0. The van der Waals surface area contributed by atoms with Crippen LogP contribution in [0.4, 0.5) is 4.79 Å². The largest absolute Gasteiger partial charge is 0.450 e. The first-order valence-corrected chi connectivity index (χ1v) is 4.96. The Labute approximate surface area is 89.4 Å². The number of amides is 1. The van der Waals surface area contributed by atoms with Crippen LogP contribution >= 0.6 is 0 Å². The van der Waals surface area contributed by atoms with Crippen molar-refractivity contribution in [3.05, 3.63) is 35.9 Å². The Kier molecular flexibility index (Phi) is 4.63. The Balaban J connectivity index is 2.61. The zero-order valence-electron chi connectivity index (χ0n) is 8.77. The van der Waals surface area contributed by atoms with E-state index in [0.29, 0.717) is 13.2 Å². The summed E-state index contributed by atoms with van der Waals surface area (Å²) in [6.45, 7) is 2.47. The molecule has 0 heterocycles. The predicted octanol–water partition coefficient (Wildman–Crippen LogP) is 1.43. The summed E-state index contributed by atoms with van der Waals surface area (Å²) in [6.07, 6.45) is -0.434. The van der Waals surface area contributed by atoms with Gasteiger partial charge in [0, 0.05) is 6.54 Å². The van der Waals surface area contributed by atoms with Crippen molar-refractivity contribution in [2.45, 2.75) is 13.0 Å². The molecule has 15 heavy (non-hydrogen) atoms. The average Bonchev–Trinajstić information content (AvgIpc) is 2.27. The molecule has 0 aromatic heterocycles. The first kappa shape index (κ1) is 11.5. The van der Waals surface area contributed by atoms with Crippen LogP contribution < -0.4 is 11.1 Å². The van der Waals surface area contributed by atoms with Crippen LogP contribution in [0.25, 0.3) is 0 Å². The molecule has 0 bridgehead atoms. The number of carbonyl (C=O) groups excluding carboxylic acids is 1. The fourth-order valence-corrected chi connectivity index (χ4v) is 1.28. The van der Waals surface area contributed by atoms with Crippen molar-refractivity contribution < 1.29 is 9.53 Å².